The first-order chi connectivity index (χ1) is 8.81. The van der Waals surface area contributed by atoms with E-state index in [4.69, 9.17) is 10.5 Å². The summed E-state index contributed by atoms with van der Waals surface area (Å²) >= 11 is 1.38. The number of fused-ring (bicyclic) bond motifs is 1. The van der Waals surface area contributed by atoms with Crippen molar-refractivity contribution in [3.8, 4) is 5.75 Å². The number of nitrogens with two attached hydrogens (primary N) is 1. The zero-order valence-electron chi connectivity index (χ0n) is 10.2. The van der Waals surface area contributed by atoms with Gasteiger partial charge in [0.1, 0.15) is 5.75 Å². The van der Waals surface area contributed by atoms with E-state index in [1.54, 1.807) is 0 Å². The number of ether oxygens (including phenoxy) is 1. The highest BCUT2D eigenvalue weighted by Gasteiger charge is 2.23. The van der Waals surface area contributed by atoms with Crippen molar-refractivity contribution in [2.75, 3.05) is 6.61 Å². The van der Waals surface area contributed by atoms with Crippen LogP contribution < -0.4 is 10.5 Å². The van der Waals surface area contributed by atoms with Gasteiger partial charge in [0, 0.05) is 12.0 Å². The molecule has 0 bridgehead atoms. The lowest BCUT2D eigenvalue weighted by Gasteiger charge is -2.14. The Morgan fingerprint density at radius 1 is 1.50 bits per heavy atom. The van der Waals surface area contributed by atoms with E-state index in [2.05, 4.69) is 22.6 Å². The summed E-state index contributed by atoms with van der Waals surface area (Å²) in [4.78, 5) is 1.04. The van der Waals surface area contributed by atoms with E-state index in [0.717, 1.165) is 41.3 Å². The molecule has 1 atom stereocenters. The van der Waals surface area contributed by atoms with Crippen molar-refractivity contribution in [2.24, 2.45) is 5.73 Å². The summed E-state index contributed by atoms with van der Waals surface area (Å²) in [6.45, 7) is 2.82. The third kappa shape index (κ3) is 1.79. The molecule has 0 aliphatic carbocycles. The molecule has 0 fully saturated rings. The Balaban J connectivity index is 2.03. The van der Waals surface area contributed by atoms with Crippen LogP contribution in [0, 0.1) is 0 Å². The maximum atomic E-state index is 6.36. The van der Waals surface area contributed by atoms with Crippen LogP contribution >= 0.6 is 11.5 Å². The number of aryl methyl sites for hydroxylation is 1. The molecule has 3 rings (SSSR count). The highest BCUT2D eigenvalue weighted by Crippen LogP contribution is 2.36. The average molecular weight is 261 g/mol. The fraction of sp³-hybridized carbons (Fsp3) is 0.385. The van der Waals surface area contributed by atoms with Gasteiger partial charge < -0.3 is 10.5 Å². The van der Waals surface area contributed by atoms with Crippen LogP contribution in [0.15, 0.2) is 18.2 Å². The van der Waals surface area contributed by atoms with Crippen molar-refractivity contribution in [1.29, 1.82) is 0 Å². The Morgan fingerprint density at radius 3 is 3.22 bits per heavy atom. The molecule has 5 heteroatoms. The maximum absolute atomic E-state index is 6.36. The SMILES string of the molecule is CCc1nnsc1C(N)c1cccc2c1OCC2. The van der Waals surface area contributed by atoms with Gasteiger partial charge in [0.2, 0.25) is 0 Å². The average Bonchev–Trinajstić information content (AvgIpc) is 3.05. The largest absolute Gasteiger partial charge is 0.493 e. The first-order valence-corrected chi connectivity index (χ1v) is 6.90. The minimum absolute atomic E-state index is 0.187. The second-order valence-corrected chi connectivity index (χ2v) is 5.13. The highest BCUT2D eigenvalue weighted by molar-refractivity contribution is 7.05. The van der Waals surface area contributed by atoms with Crippen molar-refractivity contribution in [1.82, 2.24) is 9.59 Å². The quantitative estimate of drug-likeness (QED) is 0.919. The Hall–Kier alpha value is -1.46. The van der Waals surface area contributed by atoms with E-state index in [0.29, 0.717) is 0 Å². The molecular formula is C13H15N3OS. The predicted octanol–water partition coefficient (Wildman–Crippen LogP) is 2.08. The minimum Gasteiger partial charge on any atom is -0.493 e. The molecule has 2 N–H and O–H groups in total. The number of hydrogen-bond donors (Lipinski definition) is 1. The smallest absolute Gasteiger partial charge is 0.127 e. The first-order valence-electron chi connectivity index (χ1n) is 6.12. The molecule has 0 saturated heterocycles. The van der Waals surface area contributed by atoms with Gasteiger partial charge in [-0.15, -0.1) is 5.10 Å². The van der Waals surface area contributed by atoms with Gasteiger partial charge in [-0.1, -0.05) is 29.6 Å². The molecule has 2 heterocycles. The maximum Gasteiger partial charge on any atom is 0.127 e. The van der Waals surface area contributed by atoms with Crippen LogP contribution in [0.2, 0.25) is 0 Å². The molecule has 0 amide bonds. The number of aromatic nitrogens is 2. The van der Waals surface area contributed by atoms with E-state index in [1.165, 1.54) is 17.1 Å². The van der Waals surface area contributed by atoms with Gasteiger partial charge in [0.05, 0.1) is 23.2 Å². The number of rotatable bonds is 3. The van der Waals surface area contributed by atoms with E-state index in [1.807, 2.05) is 12.1 Å². The van der Waals surface area contributed by atoms with Gasteiger partial charge in [-0.05, 0) is 23.5 Å². The summed E-state index contributed by atoms with van der Waals surface area (Å²) in [7, 11) is 0. The fourth-order valence-electron chi connectivity index (χ4n) is 2.32. The second-order valence-electron chi connectivity index (χ2n) is 4.35. The summed E-state index contributed by atoms with van der Waals surface area (Å²) in [5.74, 6) is 0.959. The van der Waals surface area contributed by atoms with Crippen LogP contribution in [0.4, 0.5) is 0 Å². The lowest BCUT2D eigenvalue weighted by molar-refractivity contribution is 0.352. The molecule has 1 aromatic carbocycles. The van der Waals surface area contributed by atoms with Crippen molar-refractivity contribution in [3.05, 3.63) is 39.9 Å². The van der Waals surface area contributed by atoms with Crippen molar-refractivity contribution >= 4 is 11.5 Å². The second kappa shape index (κ2) is 4.66. The zero-order chi connectivity index (χ0) is 12.5. The van der Waals surface area contributed by atoms with Gasteiger partial charge in [-0.25, -0.2) is 0 Å². The van der Waals surface area contributed by atoms with Crippen molar-refractivity contribution < 1.29 is 4.74 Å². The number of para-hydroxylation sites is 1. The summed E-state index contributed by atoms with van der Waals surface area (Å²) in [5.41, 5.74) is 9.65. The summed E-state index contributed by atoms with van der Waals surface area (Å²) in [5, 5.41) is 4.12. The lowest BCUT2D eigenvalue weighted by atomic mass is 10.00. The number of benzene rings is 1. The van der Waals surface area contributed by atoms with Gasteiger partial charge in [0.15, 0.2) is 0 Å². The summed E-state index contributed by atoms with van der Waals surface area (Å²) < 4.78 is 9.71. The fourth-order valence-corrected chi connectivity index (χ4v) is 3.08. The monoisotopic (exact) mass is 261 g/mol. The molecule has 1 aliphatic heterocycles. The molecule has 0 radical (unpaired) electrons. The first kappa shape index (κ1) is 11.6. The molecule has 1 aromatic heterocycles. The van der Waals surface area contributed by atoms with Crippen molar-refractivity contribution in [2.45, 2.75) is 25.8 Å². The summed E-state index contributed by atoms with van der Waals surface area (Å²) in [6.07, 6.45) is 1.83. The lowest BCUT2D eigenvalue weighted by Crippen LogP contribution is -2.13. The Kier molecular flexibility index (Phi) is 3.01. The van der Waals surface area contributed by atoms with Gasteiger partial charge in [0.25, 0.3) is 0 Å². The van der Waals surface area contributed by atoms with Crippen LogP contribution in [0.5, 0.6) is 5.75 Å². The zero-order valence-corrected chi connectivity index (χ0v) is 11.0. The minimum atomic E-state index is -0.187. The normalized spacial score (nSPS) is 15.2. The topological polar surface area (TPSA) is 61.0 Å². The van der Waals surface area contributed by atoms with Crippen LogP contribution in [0.25, 0.3) is 0 Å². The number of nitrogens with zero attached hydrogens (tertiary/aromatic N) is 2. The van der Waals surface area contributed by atoms with Crippen LogP contribution in [-0.4, -0.2) is 16.2 Å². The molecule has 0 saturated carbocycles. The van der Waals surface area contributed by atoms with Crippen LogP contribution in [-0.2, 0) is 12.8 Å². The molecule has 0 spiro atoms. The molecular weight excluding hydrogens is 246 g/mol. The van der Waals surface area contributed by atoms with Crippen LogP contribution in [0.3, 0.4) is 0 Å². The Labute approximate surface area is 110 Å². The van der Waals surface area contributed by atoms with E-state index in [-0.39, 0.29) is 6.04 Å². The van der Waals surface area contributed by atoms with Gasteiger partial charge >= 0.3 is 0 Å². The van der Waals surface area contributed by atoms with E-state index < -0.39 is 0 Å². The molecule has 4 nitrogen and oxygen atoms in total. The third-order valence-electron chi connectivity index (χ3n) is 3.28. The third-order valence-corrected chi connectivity index (χ3v) is 4.13. The predicted molar refractivity (Wildman–Crippen MR) is 71.0 cm³/mol. The molecule has 1 unspecified atom stereocenters. The standard InChI is InChI=1S/C13H15N3OS/c1-2-10-13(18-16-15-10)11(14)9-5-3-4-8-6-7-17-12(8)9/h3-5,11H,2,6-7,14H2,1H3. The molecule has 18 heavy (non-hydrogen) atoms. The van der Waals surface area contributed by atoms with Gasteiger partial charge in [-0.3, -0.25) is 0 Å². The van der Waals surface area contributed by atoms with E-state index >= 15 is 0 Å². The number of hydrogen-bond acceptors (Lipinski definition) is 5. The van der Waals surface area contributed by atoms with Crippen LogP contribution in [0.1, 0.15) is 34.7 Å². The summed E-state index contributed by atoms with van der Waals surface area (Å²) in [6, 6.07) is 5.99. The Bertz CT molecular complexity index is 567. The van der Waals surface area contributed by atoms with Crippen molar-refractivity contribution in [3.63, 3.8) is 0 Å². The molecule has 2 aromatic rings. The highest BCUT2D eigenvalue weighted by atomic mass is 32.1. The molecule has 94 valence electrons. The van der Waals surface area contributed by atoms with Gasteiger partial charge in [-0.2, -0.15) is 0 Å². The Morgan fingerprint density at radius 2 is 2.39 bits per heavy atom. The van der Waals surface area contributed by atoms with E-state index in [9.17, 15) is 0 Å². The molecule has 1 aliphatic rings.